The van der Waals surface area contributed by atoms with E-state index >= 15 is 0 Å². The Kier molecular flexibility index (Phi) is 3.15. The van der Waals surface area contributed by atoms with Crippen molar-refractivity contribution in [2.75, 3.05) is 0 Å². The van der Waals surface area contributed by atoms with Gasteiger partial charge >= 0.3 is 5.97 Å². The van der Waals surface area contributed by atoms with Gasteiger partial charge in [-0.15, -0.1) is 5.10 Å². The molecule has 0 aliphatic heterocycles. The first-order valence-electron chi connectivity index (χ1n) is 6.04. The molecule has 0 atom stereocenters. The average molecular weight is 284 g/mol. The fraction of sp³-hybridized carbons (Fsp3) is 0. The fourth-order valence-electron chi connectivity index (χ4n) is 2.01. The molecule has 1 heterocycles. The van der Waals surface area contributed by atoms with Crippen molar-refractivity contribution < 1.29 is 14.3 Å². The number of benzene rings is 2. The molecule has 6 nitrogen and oxygen atoms in total. The SMILES string of the molecule is O=C(O)c1cccc(F)c1-n1nnnc1-c1ccccc1. The highest BCUT2D eigenvalue weighted by Gasteiger charge is 2.20. The van der Waals surface area contributed by atoms with E-state index in [9.17, 15) is 14.3 Å². The number of rotatable bonds is 3. The molecule has 2 aromatic carbocycles. The number of carboxylic acid groups (broad SMARTS) is 1. The summed E-state index contributed by atoms with van der Waals surface area (Å²) in [7, 11) is 0. The van der Waals surface area contributed by atoms with Gasteiger partial charge in [0.2, 0.25) is 0 Å². The van der Waals surface area contributed by atoms with Crippen LogP contribution in [-0.4, -0.2) is 31.3 Å². The lowest BCUT2D eigenvalue weighted by molar-refractivity contribution is 0.0696. The Bertz CT molecular complexity index is 802. The zero-order valence-electron chi connectivity index (χ0n) is 10.6. The summed E-state index contributed by atoms with van der Waals surface area (Å²) in [6.07, 6.45) is 0. The molecule has 3 rings (SSSR count). The Balaban J connectivity index is 2.25. The van der Waals surface area contributed by atoms with Crippen LogP contribution in [0.1, 0.15) is 10.4 Å². The Morgan fingerprint density at radius 2 is 1.86 bits per heavy atom. The summed E-state index contributed by atoms with van der Waals surface area (Å²) in [4.78, 5) is 11.3. The summed E-state index contributed by atoms with van der Waals surface area (Å²) in [6.45, 7) is 0. The third-order valence-corrected chi connectivity index (χ3v) is 2.93. The number of tetrazole rings is 1. The number of aromatic nitrogens is 4. The van der Waals surface area contributed by atoms with E-state index in [2.05, 4.69) is 15.5 Å². The van der Waals surface area contributed by atoms with E-state index in [0.717, 1.165) is 10.7 Å². The Hall–Kier alpha value is -3.09. The second-order valence-corrected chi connectivity index (χ2v) is 4.22. The summed E-state index contributed by atoms with van der Waals surface area (Å²) < 4.78 is 15.2. The van der Waals surface area contributed by atoms with E-state index in [4.69, 9.17) is 0 Å². The van der Waals surface area contributed by atoms with Gasteiger partial charge in [-0.1, -0.05) is 36.4 Å². The molecule has 0 amide bonds. The van der Waals surface area contributed by atoms with Crippen LogP contribution in [-0.2, 0) is 0 Å². The van der Waals surface area contributed by atoms with Crippen molar-refractivity contribution in [3.63, 3.8) is 0 Å². The number of halogens is 1. The molecule has 7 heteroatoms. The fourth-order valence-corrected chi connectivity index (χ4v) is 2.01. The molecule has 104 valence electrons. The van der Waals surface area contributed by atoms with Crippen molar-refractivity contribution in [1.29, 1.82) is 0 Å². The zero-order valence-corrected chi connectivity index (χ0v) is 10.6. The molecule has 0 radical (unpaired) electrons. The van der Waals surface area contributed by atoms with Crippen molar-refractivity contribution >= 4 is 5.97 Å². The molecule has 0 aliphatic carbocycles. The predicted octanol–water partition coefficient (Wildman–Crippen LogP) is 2.17. The molecule has 0 unspecified atom stereocenters. The molecule has 0 saturated carbocycles. The number of carbonyl (C=O) groups is 1. The molecular formula is C14H9FN4O2. The first kappa shape index (κ1) is 12.9. The van der Waals surface area contributed by atoms with Crippen LogP contribution < -0.4 is 0 Å². The van der Waals surface area contributed by atoms with E-state index in [1.807, 2.05) is 6.07 Å². The largest absolute Gasteiger partial charge is 0.478 e. The number of aromatic carboxylic acids is 1. The summed E-state index contributed by atoms with van der Waals surface area (Å²) in [5, 5.41) is 20.3. The Morgan fingerprint density at radius 1 is 1.10 bits per heavy atom. The average Bonchev–Trinajstić information content (AvgIpc) is 2.96. The number of para-hydroxylation sites is 1. The molecule has 0 fully saturated rings. The van der Waals surface area contributed by atoms with Gasteiger partial charge in [-0.05, 0) is 22.6 Å². The van der Waals surface area contributed by atoms with Gasteiger partial charge in [0, 0.05) is 5.56 Å². The lowest BCUT2D eigenvalue weighted by Gasteiger charge is -2.08. The van der Waals surface area contributed by atoms with Crippen molar-refractivity contribution in [2.24, 2.45) is 0 Å². The van der Waals surface area contributed by atoms with Crippen LogP contribution in [0.25, 0.3) is 17.1 Å². The van der Waals surface area contributed by atoms with E-state index in [-0.39, 0.29) is 17.1 Å². The Morgan fingerprint density at radius 3 is 2.57 bits per heavy atom. The summed E-state index contributed by atoms with van der Waals surface area (Å²) in [6, 6.07) is 12.7. The van der Waals surface area contributed by atoms with E-state index in [1.165, 1.54) is 12.1 Å². The van der Waals surface area contributed by atoms with Gasteiger partial charge in [-0.3, -0.25) is 0 Å². The van der Waals surface area contributed by atoms with Crippen LogP contribution in [0.3, 0.4) is 0 Å². The van der Waals surface area contributed by atoms with Gasteiger partial charge in [0.25, 0.3) is 0 Å². The van der Waals surface area contributed by atoms with Gasteiger partial charge in [0.05, 0.1) is 5.56 Å². The maximum atomic E-state index is 14.1. The maximum absolute atomic E-state index is 14.1. The summed E-state index contributed by atoms with van der Waals surface area (Å²) >= 11 is 0. The minimum Gasteiger partial charge on any atom is -0.478 e. The minimum absolute atomic E-state index is 0.186. The van der Waals surface area contributed by atoms with E-state index in [0.29, 0.717) is 5.56 Å². The number of hydrogen-bond acceptors (Lipinski definition) is 4. The van der Waals surface area contributed by atoms with Crippen LogP contribution in [0.2, 0.25) is 0 Å². The number of hydrogen-bond donors (Lipinski definition) is 1. The van der Waals surface area contributed by atoms with E-state index < -0.39 is 11.8 Å². The van der Waals surface area contributed by atoms with E-state index in [1.54, 1.807) is 24.3 Å². The van der Waals surface area contributed by atoms with Crippen molar-refractivity contribution in [1.82, 2.24) is 20.2 Å². The molecule has 0 bridgehead atoms. The second-order valence-electron chi connectivity index (χ2n) is 4.22. The van der Waals surface area contributed by atoms with Gasteiger partial charge in [0.15, 0.2) is 5.82 Å². The molecular weight excluding hydrogens is 275 g/mol. The molecule has 1 N–H and O–H groups in total. The molecule has 0 aliphatic rings. The highest BCUT2D eigenvalue weighted by molar-refractivity contribution is 5.92. The van der Waals surface area contributed by atoms with Gasteiger partial charge < -0.3 is 5.11 Å². The monoisotopic (exact) mass is 284 g/mol. The summed E-state index contributed by atoms with van der Waals surface area (Å²) in [5.41, 5.74) is 0.260. The van der Waals surface area contributed by atoms with Gasteiger partial charge in [0.1, 0.15) is 11.5 Å². The molecule has 0 saturated heterocycles. The standard InChI is InChI=1S/C14H9FN4O2/c15-11-8-4-7-10(14(20)21)12(11)19-13(16-17-18-19)9-5-2-1-3-6-9/h1-8H,(H,20,21). The van der Waals surface area contributed by atoms with Crippen LogP contribution in [0.15, 0.2) is 48.5 Å². The molecule has 1 aromatic heterocycles. The third-order valence-electron chi connectivity index (χ3n) is 2.93. The topological polar surface area (TPSA) is 80.9 Å². The lowest BCUT2D eigenvalue weighted by Crippen LogP contribution is -2.10. The third kappa shape index (κ3) is 2.25. The maximum Gasteiger partial charge on any atom is 0.338 e. The number of nitrogens with zero attached hydrogens (tertiary/aromatic N) is 4. The van der Waals surface area contributed by atoms with Crippen LogP contribution in [0.5, 0.6) is 0 Å². The highest BCUT2D eigenvalue weighted by Crippen LogP contribution is 2.23. The normalized spacial score (nSPS) is 10.5. The molecule has 21 heavy (non-hydrogen) atoms. The predicted molar refractivity (Wildman–Crippen MR) is 71.5 cm³/mol. The van der Waals surface area contributed by atoms with Gasteiger partial charge in [-0.2, -0.15) is 4.68 Å². The zero-order chi connectivity index (χ0) is 14.8. The molecule has 3 aromatic rings. The summed E-state index contributed by atoms with van der Waals surface area (Å²) in [5.74, 6) is -1.69. The van der Waals surface area contributed by atoms with Crippen LogP contribution >= 0.6 is 0 Å². The van der Waals surface area contributed by atoms with Crippen LogP contribution in [0, 0.1) is 5.82 Å². The Labute approximate surface area is 118 Å². The van der Waals surface area contributed by atoms with Gasteiger partial charge in [-0.25, -0.2) is 9.18 Å². The first-order valence-corrected chi connectivity index (χ1v) is 6.04. The molecule has 0 spiro atoms. The number of carboxylic acids is 1. The van der Waals surface area contributed by atoms with Crippen LogP contribution in [0.4, 0.5) is 4.39 Å². The first-order chi connectivity index (χ1) is 10.2. The highest BCUT2D eigenvalue weighted by atomic mass is 19.1. The smallest absolute Gasteiger partial charge is 0.338 e. The second kappa shape index (κ2) is 5.12. The minimum atomic E-state index is -1.25. The lowest BCUT2D eigenvalue weighted by atomic mass is 10.1. The van der Waals surface area contributed by atoms with Crippen molar-refractivity contribution in [3.8, 4) is 17.1 Å². The van der Waals surface area contributed by atoms with Crippen molar-refractivity contribution in [3.05, 3.63) is 59.9 Å². The van der Waals surface area contributed by atoms with Crippen molar-refractivity contribution in [2.45, 2.75) is 0 Å². The quantitative estimate of drug-likeness (QED) is 0.797.